The van der Waals surface area contributed by atoms with Gasteiger partial charge in [-0.2, -0.15) is 0 Å². The van der Waals surface area contributed by atoms with E-state index in [0.29, 0.717) is 5.89 Å². The van der Waals surface area contributed by atoms with Crippen molar-refractivity contribution in [3.8, 4) is 17.2 Å². The number of nitrogens with zero attached hydrogens (tertiary/aromatic N) is 1. The molecule has 3 heteroatoms. The number of fused-ring (bicyclic) bond motifs is 2. The highest BCUT2D eigenvalue weighted by Gasteiger charge is 2.11. The van der Waals surface area contributed by atoms with Crippen LogP contribution >= 0.6 is 0 Å². The lowest BCUT2D eigenvalue weighted by molar-refractivity contribution is 0.415. The van der Waals surface area contributed by atoms with E-state index in [9.17, 15) is 0 Å². The van der Waals surface area contributed by atoms with Gasteiger partial charge in [0.15, 0.2) is 5.58 Å². The molecule has 0 unspecified atom stereocenters. The van der Waals surface area contributed by atoms with Crippen LogP contribution in [0, 0.1) is 0 Å². The van der Waals surface area contributed by atoms with Crippen LogP contribution in [0.2, 0.25) is 0 Å². The molecule has 0 saturated heterocycles. The van der Waals surface area contributed by atoms with Gasteiger partial charge < -0.3 is 9.15 Å². The van der Waals surface area contributed by atoms with Gasteiger partial charge in [0.25, 0.3) is 0 Å². The lowest BCUT2D eigenvalue weighted by Gasteiger charge is -2.01. The van der Waals surface area contributed by atoms with Crippen molar-refractivity contribution in [2.75, 3.05) is 7.11 Å². The molecule has 3 nitrogen and oxygen atoms in total. The van der Waals surface area contributed by atoms with Crippen LogP contribution in [0.15, 0.2) is 65.1 Å². The summed E-state index contributed by atoms with van der Waals surface area (Å²) in [6.07, 6.45) is 0. The number of hydrogen-bond acceptors (Lipinski definition) is 3. The van der Waals surface area contributed by atoms with Gasteiger partial charge in [-0.05, 0) is 29.0 Å². The predicted octanol–water partition coefficient (Wildman–Crippen LogP) is 4.66. The van der Waals surface area contributed by atoms with Crippen molar-refractivity contribution in [3.05, 3.63) is 60.7 Å². The molecule has 4 aromatic rings. The third kappa shape index (κ3) is 1.94. The van der Waals surface area contributed by atoms with Gasteiger partial charge in [0.1, 0.15) is 11.3 Å². The maximum Gasteiger partial charge on any atom is 0.227 e. The first kappa shape index (κ1) is 12.0. The zero-order valence-electron chi connectivity index (χ0n) is 11.5. The van der Waals surface area contributed by atoms with Crippen LogP contribution in [0.4, 0.5) is 0 Å². The van der Waals surface area contributed by atoms with Gasteiger partial charge >= 0.3 is 0 Å². The van der Waals surface area contributed by atoms with E-state index in [1.54, 1.807) is 7.11 Å². The normalized spacial score (nSPS) is 11.1. The molecule has 21 heavy (non-hydrogen) atoms. The molecule has 0 saturated carbocycles. The summed E-state index contributed by atoms with van der Waals surface area (Å²) >= 11 is 0. The summed E-state index contributed by atoms with van der Waals surface area (Å²) in [6, 6.07) is 20.0. The van der Waals surface area contributed by atoms with E-state index in [2.05, 4.69) is 23.2 Å². The quantitative estimate of drug-likeness (QED) is 0.534. The molecule has 1 aromatic heterocycles. The number of benzene rings is 3. The molecule has 0 aliphatic carbocycles. The number of ether oxygens (including phenoxy) is 1. The zero-order valence-corrected chi connectivity index (χ0v) is 11.5. The molecule has 0 N–H and O–H groups in total. The molecule has 3 aromatic carbocycles. The van der Waals surface area contributed by atoms with Crippen LogP contribution in [0.25, 0.3) is 33.3 Å². The second kappa shape index (κ2) is 4.63. The number of oxazole rings is 1. The first-order valence-electron chi connectivity index (χ1n) is 6.78. The van der Waals surface area contributed by atoms with E-state index in [1.807, 2.05) is 42.5 Å². The maximum absolute atomic E-state index is 5.90. The van der Waals surface area contributed by atoms with Gasteiger partial charge in [0.05, 0.1) is 7.11 Å². The highest BCUT2D eigenvalue weighted by Crippen LogP contribution is 2.31. The SMILES string of the molecule is COc1ccc2oc(-c3cccc4ccccc34)nc2c1. The smallest absolute Gasteiger partial charge is 0.227 e. The summed E-state index contributed by atoms with van der Waals surface area (Å²) in [5.41, 5.74) is 2.57. The van der Waals surface area contributed by atoms with Gasteiger partial charge in [-0.25, -0.2) is 4.98 Å². The molecule has 0 aliphatic heterocycles. The van der Waals surface area contributed by atoms with Crippen LogP contribution in [0.5, 0.6) is 5.75 Å². The van der Waals surface area contributed by atoms with Gasteiger partial charge in [-0.3, -0.25) is 0 Å². The zero-order chi connectivity index (χ0) is 14.2. The van der Waals surface area contributed by atoms with Crippen molar-refractivity contribution >= 4 is 21.9 Å². The fourth-order valence-corrected chi connectivity index (χ4v) is 2.56. The van der Waals surface area contributed by atoms with Crippen molar-refractivity contribution in [2.45, 2.75) is 0 Å². The summed E-state index contributed by atoms with van der Waals surface area (Å²) in [5, 5.41) is 2.31. The lowest BCUT2D eigenvalue weighted by Crippen LogP contribution is -1.82. The Balaban J connectivity index is 1.96. The third-order valence-corrected chi connectivity index (χ3v) is 3.61. The number of rotatable bonds is 2. The predicted molar refractivity (Wildman–Crippen MR) is 83.5 cm³/mol. The second-order valence-electron chi connectivity index (χ2n) is 4.88. The number of hydrogen-bond donors (Lipinski definition) is 0. The largest absolute Gasteiger partial charge is 0.497 e. The van der Waals surface area contributed by atoms with E-state index in [0.717, 1.165) is 27.8 Å². The Labute approximate surface area is 121 Å². The average Bonchev–Trinajstić information content (AvgIpc) is 2.97. The fraction of sp³-hybridized carbons (Fsp3) is 0.0556. The average molecular weight is 275 g/mol. The molecule has 102 valence electrons. The minimum absolute atomic E-state index is 0.634. The molecule has 0 bridgehead atoms. The topological polar surface area (TPSA) is 35.3 Å². The minimum atomic E-state index is 0.634. The van der Waals surface area contributed by atoms with Crippen molar-refractivity contribution in [1.29, 1.82) is 0 Å². The van der Waals surface area contributed by atoms with Crippen molar-refractivity contribution in [1.82, 2.24) is 4.98 Å². The molecule has 0 aliphatic rings. The van der Waals surface area contributed by atoms with Crippen molar-refractivity contribution < 1.29 is 9.15 Å². The van der Waals surface area contributed by atoms with Gasteiger partial charge in [-0.15, -0.1) is 0 Å². The molecular formula is C18H13NO2. The Morgan fingerprint density at radius 1 is 0.952 bits per heavy atom. The Morgan fingerprint density at radius 2 is 1.81 bits per heavy atom. The van der Waals surface area contributed by atoms with Crippen LogP contribution in [0.3, 0.4) is 0 Å². The Bertz CT molecular complexity index is 935. The van der Waals surface area contributed by atoms with Gasteiger partial charge in [-0.1, -0.05) is 36.4 Å². The standard InChI is InChI=1S/C18H13NO2/c1-20-13-9-10-17-16(11-13)19-18(21-17)15-8-4-6-12-5-2-3-7-14(12)15/h2-11H,1H3. The number of aromatic nitrogens is 1. The van der Waals surface area contributed by atoms with Gasteiger partial charge in [0, 0.05) is 11.6 Å². The highest BCUT2D eigenvalue weighted by molar-refractivity contribution is 5.95. The molecular weight excluding hydrogens is 262 g/mol. The van der Waals surface area contributed by atoms with Crippen LogP contribution < -0.4 is 4.74 Å². The van der Waals surface area contributed by atoms with E-state index < -0.39 is 0 Å². The summed E-state index contributed by atoms with van der Waals surface area (Å²) in [4.78, 5) is 4.60. The van der Waals surface area contributed by atoms with E-state index in [1.165, 1.54) is 5.39 Å². The maximum atomic E-state index is 5.90. The molecule has 0 atom stereocenters. The molecule has 1 heterocycles. The van der Waals surface area contributed by atoms with Crippen LogP contribution in [-0.2, 0) is 0 Å². The first-order valence-corrected chi connectivity index (χ1v) is 6.78. The summed E-state index contributed by atoms with van der Waals surface area (Å²) in [5.74, 6) is 1.41. The molecule has 0 amide bonds. The Hall–Kier alpha value is -2.81. The fourth-order valence-electron chi connectivity index (χ4n) is 2.56. The lowest BCUT2D eigenvalue weighted by atomic mass is 10.0. The Kier molecular flexibility index (Phi) is 2.64. The third-order valence-electron chi connectivity index (χ3n) is 3.61. The van der Waals surface area contributed by atoms with E-state index in [-0.39, 0.29) is 0 Å². The van der Waals surface area contributed by atoms with Crippen LogP contribution in [-0.4, -0.2) is 12.1 Å². The monoisotopic (exact) mass is 275 g/mol. The molecule has 0 radical (unpaired) electrons. The minimum Gasteiger partial charge on any atom is -0.497 e. The van der Waals surface area contributed by atoms with Gasteiger partial charge in [0.2, 0.25) is 5.89 Å². The summed E-state index contributed by atoms with van der Waals surface area (Å²) < 4.78 is 11.1. The summed E-state index contributed by atoms with van der Waals surface area (Å²) in [7, 11) is 1.65. The highest BCUT2D eigenvalue weighted by atomic mass is 16.5. The molecule has 0 spiro atoms. The molecule has 0 fully saturated rings. The second-order valence-corrected chi connectivity index (χ2v) is 4.88. The first-order chi connectivity index (χ1) is 10.3. The van der Waals surface area contributed by atoms with Crippen molar-refractivity contribution in [2.24, 2.45) is 0 Å². The van der Waals surface area contributed by atoms with Crippen molar-refractivity contribution in [3.63, 3.8) is 0 Å². The van der Waals surface area contributed by atoms with Crippen LogP contribution in [0.1, 0.15) is 0 Å². The Morgan fingerprint density at radius 3 is 2.71 bits per heavy atom. The van der Waals surface area contributed by atoms with E-state index in [4.69, 9.17) is 9.15 Å². The number of methoxy groups -OCH3 is 1. The summed E-state index contributed by atoms with van der Waals surface area (Å²) in [6.45, 7) is 0. The molecule has 4 rings (SSSR count). The van der Waals surface area contributed by atoms with E-state index >= 15 is 0 Å².